The van der Waals surface area contributed by atoms with E-state index < -0.39 is 0 Å². The molecular weight excluding hydrogens is 360 g/mol. The number of aryl methyl sites for hydroxylation is 1. The fourth-order valence-corrected chi connectivity index (χ4v) is 3.06. The van der Waals surface area contributed by atoms with Gasteiger partial charge in [-0.05, 0) is 36.1 Å². The summed E-state index contributed by atoms with van der Waals surface area (Å²) in [7, 11) is 0. The molecule has 0 radical (unpaired) electrons. The molecule has 0 aliphatic carbocycles. The molecule has 0 saturated carbocycles. The Balaban J connectivity index is 1.61. The summed E-state index contributed by atoms with van der Waals surface area (Å²) in [6.45, 7) is 2.40. The van der Waals surface area contributed by atoms with Crippen LogP contribution in [-0.2, 0) is 6.54 Å². The Bertz CT molecular complexity index is 1210. The third-order valence-corrected chi connectivity index (χ3v) is 4.66. The highest BCUT2D eigenvalue weighted by Gasteiger charge is 2.07. The van der Waals surface area contributed by atoms with Crippen molar-refractivity contribution in [2.24, 2.45) is 20.5 Å². The van der Waals surface area contributed by atoms with Crippen molar-refractivity contribution in [2.45, 2.75) is 13.5 Å². The Morgan fingerprint density at radius 1 is 0.690 bits per heavy atom. The van der Waals surface area contributed by atoms with Gasteiger partial charge in [0, 0.05) is 10.9 Å². The highest BCUT2D eigenvalue weighted by Crippen LogP contribution is 2.36. The van der Waals surface area contributed by atoms with Gasteiger partial charge in [-0.1, -0.05) is 66.7 Å². The van der Waals surface area contributed by atoms with Gasteiger partial charge in [0.1, 0.15) is 11.4 Å². The van der Waals surface area contributed by atoms with Crippen molar-refractivity contribution in [3.05, 3.63) is 96.1 Å². The maximum atomic E-state index is 10.3. The lowest BCUT2D eigenvalue weighted by molar-refractivity contribution is 0.477. The number of hydrogen-bond donors (Lipinski definition) is 1. The van der Waals surface area contributed by atoms with Gasteiger partial charge in [0.2, 0.25) is 0 Å². The molecule has 0 aromatic heterocycles. The lowest BCUT2D eigenvalue weighted by Crippen LogP contribution is -1.82. The van der Waals surface area contributed by atoms with Crippen molar-refractivity contribution in [1.29, 1.82) is 0 Å². The molecule has 4 aromatic rings. The van der Waals surface area contributed by atoms with E-state index in [9.17, 15) is 5.11 Å². The Hall–Kier alpha value is -3.86. The number of hydrogen-bond acceptors (Lipinski definition) is 5. The molecule has 4 aromatic carbocycles. The third kappa shape index (κ3) is 4.19. The highest BCUT2D eigenvalue weighted by atomic mass is 16.3. The number of nitrogens with zero attached hydrogens (tertiary/aromatic N) is 4. The van der Waals surface area contributed by atoms with E-state index in [0.717, 1.165) is 27.6 Å². The second-order valence-electron chi connectivity index (χ2n) is 6.67. The second-order valence-corrected chi connectivity index (χ2v) is 6.67. The van der Waals surface area contributed by atoms with Crippen LogP contribution < -0.4 is 0 Å². The van der Waals surface area contributed by atoms with Crippen LogP contribution in [0.4, 0.5) is 17.1 Å². The number of benzene rings is 4. The van der Waals surface area contributed by atoms with Crippen molar-refractivity contribution in [3.8, 4) is 5.75 Å². The summed E-state index contributed by atoms with van der Waals surface area (Å²) < 4.78 is 0. The van der Waals surface area contributed by atoms with Gasteiger partial charge in [-0.15, -0.1) is 5.11 Å². The van der Waals surface area contributed by atoms with Gasteiger partial charge in [-0.3, -0.25) is 0 Å². The SMILES string of the molecule is Cc1ccccc1N=NCc1ccccc1N=Nc1c(O)ccc2ccccc12. The fraction of sp³-hybridized carbons (Fsp3) is 0.0833. The van der Waals surface area contributed by atoms with Gasteiger partial charge >= 0.3 is 0 Å². The lowest BCUT2D eigenvalue weighted by Gasteiger charge is -2.05. The molecule has 0 aliphatic heterocycles. The molecule has 29 heavy (non-hydrogen) atoms. The third-order valence-electron chi connectivity index (χ3n) is 4.66. The van der Waals surface area contributed by atoms with Gasteiger partial charge in [-0.2, -0.15) is 15.3 Å². The smallest absolute Gasteiger partial charge is 0.143 e. The van der Waals surface area contributed by atoms with Gasteiger partial charge in [0.25, 0.3) is 0 Å². The molecule has 1 N–H and O–H groups in total. The number of fused-ring (bicyclic) bond motifs is 1. The van der Waals surface area contributed by atoms with E-state index in [1.807, 2.05) is 85.8 Å². The molecule has 0 amide bonds. The number of azo groups is 2. The summed E-state index contributed by atoms with van der Waals surface area (Å²) in [6, 6.07) is 26.8. The summed E-state index contributed by atoms with van der Waals surface area (Å²) in [5, 5.41) is 29.5. The maximum Gasteiger partial charge on any atom is 0.143 e. The molecular formula is C24H20N4O. The molecule has 0 unspecified atom stereocenters. The minimum atomic E-state index is 0.101. The van der Waals surface area contributed by atoms with Crippen LogP contribution in [0.1, 0.15) is 11.1 Å². The average molecular weight is 380 g/mol. The topological polar surface area (TPSA) is 69.7 Å². The predicted octanol–water partition coefficient (Wildman–Crippen LogP) is 7.55. The van der Waals surface area contributed by atoms with Crippen LogP contribution >= 0.6 is 0 Å². The summed E-state index contributed by atoms with van der Waals surface area (Å²) >= 11 is 0. The van der Waals surface area contributed by atoms with E-state index in [1.165, 1.54) is 0 Å². The number of aromatic hydroxyl groups is 1. The van der Waals surface area contributed by atoms with Crippen molar-refractivity contribution in [2.75, 3.05) is 0 Å². The molecule has 0 fully saturated rings. The van der Waals surface area contributed by atoms with Gasteiger partial charge < -0.3 is 5.11 Å². The molecule has 0 saturated heterocycles. The van der Waals surface area contributed by atoms with Crippen molar-refractivity contribution in [3.63, 3.8) is 0 Å². The number of phenols is 1. The van der Waals surface area contributed by atoms with Crippen molar-refractivity contribution < 1.29 is 5.11 Å². The maximum absolute atomic E-state index is 10.3. The Morgan fingerprint density at radius 2 is 1.41 bits per heavy atom. The zero-order valence-electron chi connectivity index (χ0n) is 16.0. The fourth-order valence-electron chi connectivity index (χ4n) is 3.06. The summed E-state index contributed by atoms with van der Waals surface area (Å²) in [5.41, 5.74) is 4.00. The molecule has 0 spiro atoms. The van der Waals surface area contributed by atoms with Crippen LogP contribution in [0.25, 0.3) is 10.8 Å². The molecule has 0 heterocycles. The van der Waals surface area contributed by atoms with E-state index in [1.54, 1.807) is 6.07 Å². The van der Waals surface area contributed by atoms with E-state index in [-0.39, 0.29) is 5.75 Å². The first-order chi connectivity index (χ1) is 14.2. The van der Waals surface area contributed by atoms with Crippen LogP contribution in [0.2, 0.25) is 0 Å². The average Bonchev–Trinajstić information content (AvgIpc) is 2.75. The first-order valence-corrected chi connectivity index (χ1v) is 9.36. The van der Waals surface area contributed by atoms with Crippen LogP contribution in [0, 0.1) is 6.92 Å². The molecule has 0 atom stereocenters. The van der Waals surface area contributed by atoms with E-state index in [0.29, 0.717) is 17.9 Å². The summed E-state index contributed by atoms with van der Waals surface area (Å²) in [4.78, 5) is 0. The number of rotatable bonds is 5. The predicted molar refractivity (Wildman–Crippen MR) is 116 cm³/mol. The summed E-state index contributed by atoms with van der Waals surface area (Å²) in [6.07, 6.45) is 0. The lowest BCUT2D eigenvalue weighted by atomic mass is 10.1. The zero-order valence-corrected chi connectivity index (χ0v) is 16.0. The monoisotopic (exact) mass is 380 g/mol. The first kappa shape index (κ1) is 18.5. The zero-order chi connectivity index (χ0) is 20.1. The quantitative estimate of drug-likeness (QED) is 0.357. The second kappa shape index (κ2) is 8.44. The number of phenolic OH excluding ortho intramolecular Hbond substituents is 1. The normalized spacial score (nSPS) is 11.6. The van der Waals surface area contributed by atoms with Crippen molar-refractivity contribution in [1.82, 2.24) is 0 Å². The standard InChI is InChI=1S/C24H20N4O/c1-17-8-2-6-12-21(17)26-25-16-19-10-4-7-13-22(19)27-28-24-20-11-5-3-9-18(20)14-15-23(24)29/h2-15,29H,16H2,1H3. The van der Waals surface area contributed by atoms with Crippen LogP contribution in [0.3, 0.4) is 0 Å². The Morgan fingerprint density at radius 3 is 2.28 bits per heavy atom. The molecule has 0 bridgehead atoms. The molecule has 142 valence electrons. The van der Waals surface area contributed by atoms with Crippen LogP contribution in [-0.4, -0.2) is 5.11 Å². The largest absolute Gasteiger partial charge is 0.506 e. The highest BCUT2D eigenvalue weighted by molar-refractivity contribution is 5.95. The minimum absolute atomic E-state index is 0.101. The molecule has 5 nitrogen and oxygen atoms in total. The first-order valence-electron chi connectivity index (χ1n) is 9.36. The van der Waals surface area contributed by atoms with Crippen LogP contribution in [0.15, 0.2) is 105 Å². The van der Waals surface area contributed by atoms with Gasteiger partial charge in [-0.25, -0.2) is 0 Å². The molecule has 5 heteroatoms. The van der Waals surface area contributed by atoms with Crippen LogP contribution in [0.5, 0.6) is 5.75 Å². The van der Waals surface area contributed by atoms with Gasteiger partial charge in [0.05, 0.1) is 17.9 Å². The van der Waals surface area contributed by atoms with Crippen molar-refractivity contribution >= 4 is 27.8 Å². The minimum Gasteiger partial charge on any atom is -0.506 e. The molecule has 4 rings (SSSR count). The summed E-state index contributed by atoms with van der Waals surface area (Å²) in [5.74, 6) is 0.101. The van der Waals surface area contributed by atoms with E-state index >= 15 is 0 Å². The Labute approximate surface area is 169 Å². The molecule has 0 aliphatic rings. The van der Waals surface area contributed by atoms with Gasteiger partial charge in [0.15, 0.2) is 0 Å². The van der Waals surface area contributed by atoms with E-state index in [2.05, 4.69) is 20.5 Å². The van der Waals surface area contributed by atoms with E-state index in [4.69, 9.17) is 0 Å². The Kier molecular flexibility index (Phi) is 5.38.